The summed E-state index contributed by atoms with van der Waals surface area (Å²) < 4.78 is 80.4. The molecular formula is C71H90F4O6. The highest BCUT2D eigenvalue weighted by Gasteiger charge is 2.16. The van der Waals surface area contributed by atoms with Crippen molar-refractivity contribution < 1.29 is 46.1 Å². The summed E-state index contributed by atoms with van der Waals surface area (Å²) in [7, 11) is 0. The Bertz CT molecular complexity index is 2740. The van der Waals surface area contributed by atoms with Gasteiger partial charge in [0, 0.05) is 0 Å². The van der Waals surface area contributed by atoms with Crippen LogP contribution in [0.5, 0.6) is 23.0 Å². The summed E-state index contributed by atoms with van der Waals surface area (Å²) in [4.78, 5) is 25.3. The van der Waals surface area contributed by atoms with Gasteiger partial charge < -0.3 is 18.9 Å². The molecule has 0 amide bonds. The van der Waals surface area contributed by atoms with Gasteiger partial charge in [0.2, 0.25) is 0 Å². The summed E-state index contributed by atoms with van der Waals surface area (Å²) in [5.74, 6) is -2.85. The van der Waals surface area contributed by atoms with Crippen molar-refractivity contribution >= 4 is 11.9 Å². The number of carbonyl (C=O) groups excluding carboxylic acids is 2. The molecule has 6 rings (SSSR count). The molecule has 0 aliphatic rings. The molecular weight excluding hydrogens is 1020 g/mol. The first-order valence-corrected chi connectivity index (χ1v) is 30.6. The lowest BCUT2D eigenvalue weighted by Gasteiger charge is -2.10. The molecule has 0 bridgehead atoms. The molecule has 0 saturated carbocycles. The third-order valence-corrected chi connectivity index (χ3v) is 14.6. The quantitative estimate of drug-likeness (QED) is 0.0168. The monoisotopic (exact) mass is 1110 g/mol. The summed E-state index contributed by atoms with van der Waals surface area (Å²) in [6.45, 7) is 9.80. The first kappa shape index (κ1) is 65.4. The van der Waals surface area contributed by atoms with Crippen LogP contribution in [-0.4, -0.2) is 25.2 Å². The molecule has 0 spiro atoms. The maximum absolute atomic E-state index is 14.7. The molecule has 438 valence electrons. The summed E-state index contributed by atoms with van der Waals surface area (Å²) >= 11 is 0. The summed E-state index contributed by atoms with van der Waals surface area (Å²) in [6.07, 6.45) is 31.0. The second-order valence-electron chi connectivity index (χ2n) is 21.4. The minimum atomic E-state index is -0.641. The number of benzene rings is 6. The molecule has 0 aliphatic carbocycles. The number of aryl methyl sites for hydroxylation is 2. The van der Waals surface area contributed by atoms with Crippen LogP contribution in [0.25, 0.3) is 22.3 Å². The number of ether oxygens (including phenoxy) is 4. The first-order valence-electron chi connectivity index (χ1n) is 30.6. The average molecular weight is 1120 g/mol. The lowest BCUT2D eigenvalue weighted by molar-refractivity contribution is 0.0718. The van der Waals surface area contributed by atoms with Crippen LogP contribution in [0, 0.1) is 23.3 Å². The fourth-order valence-corrected chi connectivity index (χ4v) is 9.60. The van der Waals surface area contributed by atoms with Crippen molar-refractivity contribution in [3.05, 3.63) is 167 Å². The van der Waals surface area contributed by atoms with Gasteiger partial charge in [-0.15, -0.1) is 0 Å². The summed E-state index contributed by atoms with van der Waals surface area (Å²) in [6, 6.07) is 32.6. The number of carbonyl (C=O) groups is 2. The third-order valence-electron chi connectivity index (χ3n) is 14.6. The zero-order valence-corrected chi connectivity index (χ0v) is 49.0. The summed E-state index contributed by atoms with van der Waals surface area (Å²) in [5, 5.41) is 0. The van der Waals surface area contributed by atoms with Crippen LogP contribution in [0.1, 0.15) is 220 Å². The van der Waals surface area contributed by atoms with Crippen molar-refractivity contribution in [3.8, 4) is 45.3 Å². The van der Waals surface area contributed by atoms with E-state index in [9.17, 15) is 27.2 Å². The Hall–Kier alpha value is -6.42. The molecule has 6 aromatic rings. The minimum Gasteiger partial charge on any atom is -0.491 e. The number of esters is 2. The molecule has 0 N–H and O–H groups in total. The van der Waals surface area contributed by atoms with E-state index >= 15 is 0 Å². The van der Waals surface area contributed by atoms with Crippen LogP contribution < -0.4 is 18.9 Å². The van der Waals surface area contributed by atoms with Gasteiger partial charge in [-0.2, -0.15) is 0 Å². The van der Waals surface area contributed by atoms with Crippen LogP contribution in [-0.2, 0) is 12.8 Å². The largest absolute Gasteiger partial charge is 0.491 e. The molecule has 0 saturated heterocycles. The van der Waals surface area contributed by atoms with Gasteiger partial charge in [0.1, 0.15) is 0 Å². The number of halogens is 4. The molecule has 10 heteroatoms. The van der Waals surface area contributed by atoms with E-state index in [4.69, 9.17) is 18.9 Å². The Morgan fingerprint density at radius 3 is 0.914 bits per heavy atom. The molecule has 6 aromatic carbocycles. The fraction of sp³-hybridized carbons (Fsp3) is 0.465. The maximum Gasteiger partial charge on any atom is 0.343 e. The SMILES string of the molecule is CCCCCCCCCOc1ccc(-c2ccc(C(=O)Oc3ccc(CCCCCCC)cc3F)cc2)cc1F.CCCCCCCCCOc1ccc(-c2ccc(C(=O)Oc3ccc(CCCCCCCC)cc3F)cc2)cc1F. The van der Waals surface area contributed by atoms with Crippen molar-refractivity contribution in [1.29, 1.82) is 0 Å². The van der Waals surface area contributed by atoms with Gasteiger partial charge >= 0.3 is 11.9 Å². The van der Waals surface area contributed by atoms with Crippen molar-refractivity contribution in [2.24, 2.45) is 0 Å². The van der Waals surface area contributed by atoms with Gasteiger partial charge in [0.05, 0.1) is 24.3 Å². The van der Waals surface area contributed by atoms with Crippen molar-refractivity contribution in [2.45, 2.75) is 201 Å². The molecule has 0 radical (unpaired) electrons. The van der Waals surface area contributed by atoms with Gasteiger partial charge in [-0.25, -0.2) is 27.2 Å². The summed E-state index contributed by atoms with van der Waals surface area (Å²) in [5.41, 5.74) is 5.25. The molecule has 6 nitrogen and oxygen atoms in total. The smallest absolute Gasteiger partial charge is 0.343 e. The maximum atomic E-state index is 14.7. The zero-order chi connectivity index (χ0) is 57.9. The van der Waals surface area contributed by atoms with Crippen LogP contribution in [0.3, 0.4) is 0 Å². The fourth-order valence-electron chi connectivity index (χ4n) is 9.60. The zero-order valence-electron chi connectivity index (χ0n) is 49.0. The van der Waals surface area contributed by atoms with Crippen LogP contribution in [0.2, 0.25) is 0 Å². The first-order chi connectivity index (χ1) is 39.5. The Morgan fingerprint density at radius 1 is 0.309 bits per heavy atom. The van der Waals surface area contributed by atoms with E-state index in [1.807, 2.05) is 12.1 Å². The second kappa shape index (κ2) is 38.3. The van der Waals surface area contributed by atoms with Gasteiger partial charge in [-0.1, -0.05) is 211 Å². The van der Waals surface area contributed by atoms with E-state index in [0.717, 1.165) is 86.5 Å². The van der Waals surface area contributed by atoms with Gasteiger partial charge in [-0.05, 0) is 145 Å². The highest BCUT2D eigenvalue weighted by atomic mass is 19.1. The molecule has 0 atom stereocenters. The number of hydrogen-bond donors (Lipinski definition) is 0. The molecule has 81 heavy (non-hydrogen) atoms. The average Bonchev–Trinajstić information content (AvgIpc) is 3.48. The number of unbranched alkanes of at least 4 members (excludes halogenated alkanes) is 21. The highest BCUT2D eigenvalue weighted by Crippen LogP contribution is 2.30. The Morgan fingerprint density at radius 2 is 0.593 bits per heavy atom. The van der Waals surface area contributed by atoms with Crippen LogP contribution >= 0.6 is 0 Å². The molecule has 0 heterocycles. The van der Waals surface area contributed by atoms with E-state index in [1.54, 1.807) is 72.8 Å². The predicted molar refractivity (Wildman–Crippen MR) is 323 cm³/mol. The van der Waals surface area contributed by atoms with Crippen molar-refractivity contribution in [1.82, 2.24) is 0 Å². The Kier molecular flexibility index (Phi) is 30.9. The lowest BCUT2D eigenvalue weighted by atomic mass is 10.0. The van der Waals surface area contributed by atoms with Crippen molar-refractivity contribution in [2.75, 3.05) is 13.2 Å². The van der Waals surface area contributed by atoms with E-state index in [1.165, 1.54) is 146 Å². The van der Waals surface area contributed by atoms with Gasteiger partial charge in [0.15, 0.2) is 46.3 Å². The van der Waals surface area contributed by atoms with E-state index < -0.39 is 35.2 Å². The molecule has 0 unspecified atom stereocenters. The number of hydrogen-bond acceptors (Lipinski definition) is 6. The van der Waals surface area contributed by atoms with E-state index in [2.05, 4.69) is 27.7 Å². The standard InChI is InChI=1S/C36H46F2O3.C35H44F2O3/c1-3-5-7-9-11-13-15-25-40-34-24-22-31(27-33(34)38)29-18-20-30(21-19-29)36(39)41-35-23-17-28(26-32(35)37)16-14-12-10-8-6-4-2;1-3-5-7-9-10-12-14-24-39-33-23-21-30(26-32(33)37)28-17-19-29(20-18-28)35(38)40-34-22-16-27(25-31(34)36)15-13-11-8-6-4-2/h17-24,26-27H,3-16,25H2,1-2H3;16-23,25-26H,3-15,24H2,1-2H3. The third kappa shape index (κ3) is 24.3. The molecule has 0 aliphatic heterocycles. The van der Waals surface area contributed by atoms with Crippen LogP contribution in [0.15, 0.2) is 121 Å². The molecule has 0 aromatic heterocycles. The minimum absolute atomic E-state index is 0.0834. The Labute approximate surface area is 482 Å². The lowest BCUT2D eigenvalue weighted by Crippen LogP contribution is -2.09. The second-order valence-corrected chi connectivity index (χ2v) is 21.4. The number of rotatable bonds is 37. The van der Waals surface area contributed by atoms with Crippen molar-refractivity contribution in [3.63, 3.8) is 0 Å². The highest BCUT2D eigenvalue weighted by molar-refractivity contribution is 5.92. The normalized spacial score (nSPS) is 11.0. The van der Waals surface area contributed by atoms with E-state index in [0.29, 0.717) is 35.5 Å². The Balaban J connectivity index is 0.000000297. The van der Waals surface area contributed by atoms with Gasteiger partial charge in [-0.3, -0.25) is 0 Å². The predicted octanol–water partition coefficient (Wildman–Crippen LogP) is 21.4. The van der Waals surface area contributed by atoms with E-state index in [-0.39, 0.29) is 23.0 Å². The van der Waals surface area contributed by atoms with Crippen LogP contribution in [0.4, 0.5) is 17.6 Å². The van der Waals surface area contributed by atoms with Gasteiger partial charge in [0.25, 0.3) is 0 Å². The molecule has 0 fully saturated rings. The topological polar surface area (TPSA) is 71.1 Å².